The number of hydrogen-bond donors (Lipinski definition) is 1. The molecule has 0 aliphatic heterocycles. The van der Waals surface area contributed by atoms with Crippen LogP contribution in [0.3, 0.4) is 0 Å². The van der Waals surface area contributed by atoms with Crippen LogP contribution in [0.1, 0.15) is 13.3 Å². The molecular formula is C24H21NO2. The van der Waals surface area contributed by atoms with Crippen LogP contribution in [0.2, 0.25) is 0 Å². The maximum absolute atomic E-state index is 12.8. The normalized spacial score (nSPS) is 12.0. The van der Waals surface area contributed by atoms with Crippen molar-refractivity contribution in [2.45, 2.75) is 19.4 Å². The molecule has 0 spiro atoms. The van der Waals surface area contributed by atoms with Crippen molar-refractivity contribution < 1.29 is 9.53 Å². The highest BCUT2D eigenvalue weighted by Crippen LogP contribution is 2.25. The first-order valence-electron chi connectivity index (χ1n) is 9.18. The maximum Gasteiger partial charge on any atom is 0.265 e. The topological polar surface area (TPSA) is 38.3 Å². The van der Waals surface area contributed by atoms with Crippen molar-refractivity contribution in [1.29, 1.82) is 0 Å². The number of carbonyl (C=O) groups is 1. The lowest BCUT2D eigenvalue weighted by atomic mass is 10.1. The first kappa shape index (κ1) is 17.1. The quantitative estimate of drug-likeness (QED) is 0.492. The van der Waals surface area contributed by atoms with E-state index in [1.54, 1.807) is 0 Å². The average Bonchev–Trinajstić information content (AvgIpc) is 2.72. The van der Waals surface area contributed by atoms with E-state index in [1.807, 2.05) is 85.8 Å². The van der Waals surface area contributed by atoms with Crippen molar-refractivity contribution in [3.8, 4) is 5.75 Å². The molecule has 0 bridgehead atoms. The predicted octanol–water partition coefficient (Wildman–Crippen LogP) is 5.79. The van der Waals surface area contributed by atoms with Gasteiger partial charge >= 0.3 is 0 Å². The zero-order valence-electron chi connectivity index (χ0n) is 15.2. The third-order valence-electron chi connectivity index (χ3n) is 4.71. The Bertz CT molecular complexity index is 1100. The Balaban J connectivity index is 1.55. The fraction of sp³-hybridized carbons (Fsp3) is 0.125. The molecule has 0 saturated carbocycles. The second-order valence-electron chi connectivity index (χ2n) is 6.54. The Kier molecular flexibility index (Phi) is 4.75. The highest BCUT2D eigenvalue weighted by molar-refractivity contribution is 6.03. The monoisotopic (exact) mass is 355 g/mol. The zero-order valence-corrected chi connectivity index (χ0v) is 15.2. The summed E-state index contributed by atoms with van der Waals surface area (Å²) in [7, 11) is 0. The van der Waals surface area contributed by atoms with Crippen molar-refractivity contribution in [2.75, 3.05) is 5.32 Å². The van der Waals surface area contributed by atoms with Gasteiger partial charge in [0.05, 0.1) is 0 Å². The molecular weight excluding hydrogens is 334 g/mol. The van der Waals surface area contributed by atoms with Crippen LogP contribution in [0.25, 0.3) is 21.5 Å². The van der Waals surface area contributed by atoms with Gasteiger partial charge in [0.1, 0.15) is 5.75 Å². The molecule has 0 radical (unpaired) electrons. The van der Waals surface area contributed by atoms with E-state index in [0.717, 1.165) is 27.2 Å². The summed E-state index contributed by atoms with van der Waals surface area (Å²) in [4.78, 5) is 12.8. The molecule has 4 rings (SSSR count). The van der Waals surface area contributed by atoms with Crippen molar-refractivity contribution in [2.24, 2.45) is 0 Å². The van der Waals surface area contributed by atoms with E-state index in [1.165, 1.54) is 0 Å². The second-order valence-corrected chi connectivity index (χ2v) is 6.54. The summed E-state index contributed by atoms with van der Waals surface area (Å²) >= 11 is 0. The van der Waals surface area contributed by atoms with Crippen molar-refractivity contribution in [3.63, 3.8) is 0 Å². The molecule has 0 aliphatic rings. The SMILES string of the molecule is CC[C@@H](Oc1ccc2ccccc2c1)C(=O)Nc1cccc2ccccc12. The standard InChI is InChI=1S/C24H21NO2/c1-2-23(27-20-15-14-17-8-3-4-10-19(17)16-20)24(26)25-22-13-7-11-18-9-5-6-12-21(18)22/h3-16,23H,2H2,1H3,(H,25,26)/t23-/m1/s1. The van der Waals surface area contributed by atoms with E-state index in [9.17, 15) is 4.79 Å². The number of ether oxygens (including phenoxy) is 1. The van der Waals surface area contributed by atoms with Gasteiger partial charge in [-0.2, -0.15) is 0 Å². The molecule has 27 heavy (non-hydrogen) atoms. The lowest BCUT2D eigenvalue weighted by Gasteiger charge is -2.18. The van der Waals surface area contributed by atoms with Gasteiger partial charge < -0.3 is 10.1 Å². The number of rotatable bonds is 5. The van der Waals surface area contributed by atoms with Crippen LogP contribution in [0.15, 0.2) is 84.9 Å². The van der Waals surface area contributed by atoms with Crippen LogP contribution in [0, 0.1) is 0 Å². The summed E-state index contributed by atoms with van der Waals surface area (Å²) in [6, 6.07) is 27.9. The van der Waals surface area contributed by atoms with Gasteiger partial charge in [0.25, 0.3) is 5.91 Å². The fourth-order valence-electron chi connectivity index (χ4n) is 3.27. The molecule has 3 nitrogen and oxygen atoms in total. The number of amides is 1. The molecule has 0 aromatic heterocycles. The van der Waals surface area contributed by atoms with E-state index in [4.69, 9.17) is 4.74 Å². The highest BCUT2D eigenvalue weighted by Gasteiger charge is 2.19. The van der Waals surface area contributed by atoms with Gasteiger partial charge in [-0.25, -0.2) is 0 Å². The van der Waals surface area contributed by atoms with Crippen molar-refractivity contribution in [1.82, 2.24) is 0 Å². The number of anilines is 1. The summed E-state index contributed by atoms with van der Waals surface area (Å²) < 4.78 is 6.01. The van der Waals surface area contributed by atoms with E-state index in [0.29, 0.717) is 12.2 Å². The van der Waals surface area contributed by atoms with Gasteiger partial charge in [-0.3, -0.25) is 4.79 Å². The number of fused-ring (bicyclic) bond motifs is 2. The minimum atomic E-state index is -0.551. The summed E-state index contributed by atoms with van der Waals surface area (Å²) in [5.41, 5.74) is 0.804. The second kappa shape index (κ2) is 7.50. The molecule has 0 saturated heterocycles. The van der Waals surface area contributed by atoms with Crippen LogP contribution in [-0.4, -0.2) is 12.0 Å². The van der Waals surface area contributed by atoms with E-state index in [-0.39, 0.29) is 5.91 Å². The van der Waals surface area contributed by atoms with E-state index < -0.39 is 6.10 Å². The Morgan fingerprint density at radius 1 is 0.852 bits per heavy atom. The van der Waals surface area contributed by atoms with E-state index in [2.05, 4.69) is 11.4 Å². The lowest BCUT2D eigenvalue weighted by Crippen LogP contribution is -2.32. The van der Waals surface area contributed by atoms with Crippen LogP contribution in [0.5, 0.6) is 5.75 Å². The van der Waals surface area contributed by atoms with Gasteiger partial charge in [-0.1, -0.05) is 73.7 Å². The first-order valence-corrected chi connectivity index (χ1v) is 9.18. The number of carbonyl (C=O) groups excluding carboxylic acids is 1. The molecule has 0 fully saturated rings. The third-order valence-corrected chi connectivity index (χ3v) is 4.71. The number of nitrogens with one attached hydrogen (secondary N) is 1. The van der Waals surface area contributed by atoms with Crippen molar-refractivity contribution in [3.05, 3.63) is 84.9 Å². The Labute approximate surface area is 158 Å². The van der Waals surface area contributed by atoms with Gasteiger partial charge in [-0.15, -0.1) is 0 Å². The fourth-order valence-corrected chi connectivity index (χ4v) is 3.27. The molecule has 134 valence electrons. The largest absolute Gasteiger partial charge is 0.481 e. The van der Waals surface area contributed by atoms with Crippen LogP contribution in [0.4, 0.5) is 5.69 Å². The zero-order chi connectivity index (χ0) is 18.6. The smallest absolute Gasteiger partial charge is 0.265 e. The molecule has 1 atom stereocenters. The van der Waals surface area contributed by atoms with Crippen LogP contribution >= 0.6 is 0 Å². The molecule has 4 aromatic carbocycles. The Morgan fingerprint density at radius 3 is 2.37 bits per heavy atom. The van der Waals surface area contributed by atoms with Gasteiger partial charge in [0.15, 0.2) is 6.10 Å². The number of hydrogen-bond acceptors (Lipinski definition) is 2. The van der Waals surface area contributed by atoms with Gasteiger partial charge in [0.2, 0.25) is 0 Å². The van der Waals surface area contributed by atoms with E-state index >= 15 is 0 Å². The summed E-state index contributed by atoms with van der Waals surface area (Å²) in [6.45, 7) is 1.95. The molecule has 4 aromatic rings. The van der Waals surface area contributed by atoms with Crippen molar-refractivity contribution >= 4 is 33.1 Å². The van der Waals surface area contributed by atoms with Gasteiger partial charge in [0, 0.05) is 11.1 Å². The summed E-state index contributed by atoms with van der Waals surface area (Å²) in [5.74, 6) is 0.565. The molecule has 1 N–H and O–H groups in total. The molecule has 0 aliphatic carbocycles. The molecule has 0 heterocycles. The minimum Gasteiger partial charge on any atom is -0.481 e. The summed E-state index contributed by atoms with van der Waals surface area (Å²) in [6.07, 6.45) is 0.0359. The molecule has 1 amide bonds. The predicted molar refractivity (Wildman–Crippen MR) is 111 cm³/mol. The minimum absolute atomic E-state index is 0.137. The third kappa shape index (κ3) is 3.63. The lowest BCUT2D eigenvalue weighted by molar-refractivity contribution is -0.122. The Morgan fingerprint density at radius 2 is 1.56 bits per heavy atom. The highest BCUT2D eigenvalue weighted by atomic mass is 16.5. The Hall–Kier alpha value is -3.33. The first-order chi connectivity index (χ1) is 13.2. The average molecular weight is 355 g/mol. The molecule has 3 heteroatoms. The van der Waals surface area contributed by atoms with Crippen LogP contribution in [-0.2, 0) is 4.79 Å². The summed E-state index contributed by atoms with van der Waals surface area (Å²) in [5, 5.41) is 7.40. The number of benzene rings is 4. The maximum atomic E-state index is 12.8. The van der Waals surface area contributed by atoms with Gasteiger partial charge in [-0.05, 0) is 40.8 Å². The molecule has 0 unspecified atom stereocenters. The van der Waals surface area contributed by atoms with Crippen LogP contribution < -0.4 is 10.1 Å².